The molecule has 0 aliphatic heterocycles. The summed E-state index contributed by atoms with van der Waals surface area (Å²) < 4.78 is 1.43. The van der Waals surface area contributed by atoms with E-state index in [0.29, 0.717) is 0 Å². The first-order valence-electron chi connectivity index (χ1n) is 0.381. The van der Waals surface area contributed by atoms with Crippen molar-refractivity contribution in [2.24, 2.45) is 0 Å². The molecule has 0 fully saturated rings. The van der Waals surface area contributed by atoms with Gasteiger partial charge < -0.3 is 0 Å². The third-order valence-corrected chi connectivity index (χ3v) is 0. The van der Waals surface area contributed by atoms with Gasteiger partial charge in [0.05, 0.1) is 0 Å². The molecule has 0 aromatic carbocycles. The second kappa shape index (κ2) is 9.44. The van der Waals surface area contributed by atoms with E-state index in [1.807, 2.05) is 0 Å². The van der Waals surface area contributed by atoms with Crippen LogP contribution in [0.25, 0.3) is 0 Å². The molecule has 1 atom stereocenters. The standard InChI is InChI=1S/CO.H3P.Rh.H/c1-2;;;/h;1H3;;. The van der Waals surface area contributed by atoms with Crippen LogP contribution in [-0.2, 0) is 22.6 Å². The van der Waals surface area contributed by atoms with Gasteiger partial charge in [0.1, 0.15) is 0 Å². The van der Waals surface area contributed by atoms with Gasteiger partial charge in [0, 0.05) is 0 Å². The quantitative estimate of drug-likeness (QED) is 0.346. The van der Waals surface area contributed by atoms with Crippen molar-refractivity contribution in [1.82, 2.24) is 0 Å². The summed E-state index contributed by atoms with van der Waals surface area (Å²) in [6.45, 7) is 0. The number of hydrogen-bond donors (Lipinski definition) is 0. The van der Waals surface area contributed by atoms with Gasteiger partial charge in [-0.3, -0.25) is 0 Å². The Morgan fingerprint density at radius 2 is 1.75 bits per heavy atom. The first kappa shape index (κ1) is 8.82. The molecule has 28 valence electrons. The Morgan fingerprint density at radius 3 is 1.75 bits per heavy atom. The summed E-state index contributed by atoms with van der Waals surface area (Å²) in [4.78, 5) is 8.65. The fraction of sp³-hybridized carbons (Fsp3) is 0. The normalized spacial score (nSPS) is 2.50. The monoisotopic (exact) mass is 166 g/mol. The fourth-order valence-electron chi connectivity index (χ4n) is 0. The van der Waals surface area contributed by atoms with E-state index in [-0.39, 0.29) is 9.90 Å². The Morgan fingerprint density at radius 1 is 1.75 bits per heavy atom. The van der Waals surface area contributed by atoms with E-state index in [9.17, 15) is 0 Å². The van der Waals surface area contributed by atoms with Gasteiger partial charge in [-0.25, -0.2) is 0 Å². The minimum absolute atomic E-state index is 0. The molecule has 0 rings (SSSR count). The van der Waals surface area contributed by atoms with E-state index >= 15 is 0 Å². The Labute approximate surface area is 37.6 Å². The first-order valence-corrected chi connectivity index (χ1v) is 1.25. The van der Waals surface area contributed by atoms with Gasteiger partial charge in [0.2, 0.25) is 0 Å². The number of hydrogen-bond acceptors (Lipinski definition) is 1. The van der Waals surface area contributed by atoms with Crippen molar-refractivity contribution in [3.05, 3.63) is 0 Å². The SMILES string of the molecule is O=[C]=[RhH].P. The van der Waals surface area contributed by atoms with Crippen LogP contribution in [0, 0.1) is 0 Å². The van der Waals surface area contributed by atoms with Crippen molar-refractivity contribution in [1.29, 1.82) is 0 Å². The summed E-state index contributed by atoms with van der Waals surface area (Å²) in [6, 6.07) is 0. The van der Waals surface area contributed by atoms with Crippen LogP contribution in [0.15, 0.2) is 0 Å². The van der Waals surface area contributed by atoms with Crippen LogP contribution in [0.3, 0.4) is 0 Å². The van der Waals surface area contributed by atoms with Gasteiger partial charge >= 0.3 is 27.1 Å². The number of carbonyl (C=O) groups excluding carboxylic acids is 1. The van der Waals surface area contributed by atoms with E-state index in [2.05, 4.69) is 0 Å². The molecule has 0 heterocycles. The van der Waals surface area contributed by atoms with Gasteiger partial charge in [-0.1, -0.05) is 0 Å². The predicted octanol–water partition coefficient (Wildman–Crippen LogP) is -0.609. The van der Waals surface area contributed by atoms with Gasteiger partial charge in [-0.2, -0.15) is 9.90 Å². The third kappa shape index (κ3) is 17.5. The molecule has 0 aliphatic carbocycles. The Kier molecular flexibility index (Phi) is 20.8. The zero-order valence-corrected chi connectivity index (χ0v) is 5.12. The van der Waals surface area contributed by atoms with Crippen molar-refractivity contribution < 1.29 is 22.6 Å². The largest absolute Gasteiger partial charge is 0.153 e. The molecule has 0 saturated carbocycles. The van der Waals surface area contributed by atoms with E-state index in [4.69, 9.17) is 4.79 Å². The third-order valence-electron chi connectivity index (χ3n) is 0. The molecule has 0 spiro atoms. The summed E-state index contributed by atoms with van der Waals surface area (Å²) in [6.07, 6.45) is 0. The summed E-state index contributed by atoms with van der Waals surface area (Å²) in [5.74, 6) is 0. The van der Waals surface area contributed by atoms with Crippen LogP contribution in [0.1, 0.15) is 0 Å². The average Bonchev–Trinajstić information content (AvgIpc) is 0.918. The van der Waals surface area contributed by atoms with Gasteiger partial charge in [-0.05, 0) is 0 Å². The smallest absolute Gasteiger partial charge is 0.153 e. The van der Waals surface area contributed by atoms with E-state index in [1.165, 1.54) is 4.47 Å². The molecule has 1 unspecified atom stereocenters. The van der Waals surface area contributed by atoms with Crippen LogP contribution in [-0.4, -0.2) is 4.47 Å². The summed E-state index contributed by atoms with van der Waals surface area (Å²) >= 11 is 1.70. The van der Waals surface area contributed by atoms with Gasteiger partial charge in [-0.15, -0.1) is 0 Å². The maximum Gasteiger partial charge on any atom is -0.153 e. The minimum atomic E-state index is 0. The first-order chi connectivity index (χ1) is 1.41. The molecular formula is CH4OPRh. The fourth-order valence-corrected chi connectivity index (χ4v) is 0. The predicted molar refractivity (Wildman–Crippen MR) is 18.2 cm³/mol. The molecule has 0 N–H and O–H groups in total. The molecule has 0 amide bonds. The van der Waals surface area contributed by atoms with Crippen LogP contribution < -0.4 is 0 Å². The molecule has 0 saturated heterocycles. The zero-order chi connectivity index (χ0) is 2.71. The van der Waals surface area contributed by atoms with Gasteiger partial charge in [0.25, 0.3) is 0 Å². The molecule has 0 bridgehead atoms. The molecule has 0 aliphatic rings. The van der Waals surface area contributed by atoms with Crippen molar-refractivity contribution in [2.75, 3.05) is 0 Å². The maximum absolute atomic E-state index is 8.65. The van der Waals surface area contributed by atoms with Crippen molar-refractivity contribution >= 4 is 14.4 Å². The topological polar surface area (TPSA) is 17.1 Å². The van der Waals surface area contributed by atoms with Crippen molar-refractivity contribution in [3.63, 3.8) is 0 Å². The molecule has 4 heavy (non-hydrogen) atoms. The van der Waals surface area contributed by atoms with E-state index in [0.717, 1.165) is 0 Å². The van der Waals surface area contributed by atoms with Crippen molar-refractivity contribution in [3.8, 4) is 0 Å². The zero-order valence-electron chi connectivity index (χ0n) is 1.97. The Hall–Kier alpha value is 0.633. The Balaban J connectivity index is 0. The van der Waals surface area contributed by atoms with E-state index in [1.54, 1.807) is 17.9 Å². The molecular weight excluding hydrogens is 162 g/mol. The summed E-state index contributed by atoms with van der Waals surface area (Å²) in [5, 5.41) is 0. The molecule has 1 nitrogen and oxygen atoms in total. The maximum atomic E-state index is 8.65. The molecule has 0 aromatic heterocycles. The molecule has 0 aromatic rings. The van der Waals surface area contributed by atoms with Crippen LogP contribution in [0.2, 0.25) is 0 Å². The second-order valence-corrected chi connectivity index (χ2v) is 0.427. The van der Waals surface area contributed by atoms with Gasteiger partial charge in [0.15, 0.2) is 0 Å². The van der Waals surface area contributed by atoms with Crippen molar-refractivity contribution in [2.45, 2.75) is 0 Å². The summed E-state index contributed by atoms with van der Waals surface area (Å²) in [7, 11) is 0. The molecule has 3 heteroatoms. The second-order valence-electron chi connectivity index (χ2n) is 0.0722. The van der Waals surface area contributed by atoms with Crippen LogP contribution >= 0.6 is 9.90 Å². The Bertz CT molecular complexity index is 29.0. The summed E-state index contributed by atoms with van der Waals surface area (Å²) in [5.41, 5.74) is 0. The van der Waals surface area contributed by atoms with E-state index < -0.39 is 0 Å². The average molecular weight is 166 g/mol. The molecule has 0 radical (unpaired) electrons. The van der Waals surface area contributed by atoms with Crippen LogP contribution in [0.5, 0.6) is 0 Å². The van der Waals surface area contributed by atoms with Crippen LogP contribution in [0.4, 0.5) is 0 Å². The number of rotatable bonds is 0. The minimum Gasteiger partial charge on any atom is -0.153 e.